The van der Waals surface area contributed by atoms with Crippen LogP contribution in [0.3, 0.4) is 0 Å². The molecule has 0 radical (unpaired) electrons. The van der Waals surface area contributed by atoms with Crippen LogP contribution in [0, 0.1) is 0 Å². The molecule has 0 aliphatic rings. The zero-order valence-corrected chi connectivity index (χ0v) is 9.80. The van der Waals surface area contributed by atoms with E-state index in [0.717, 1.165) is 0 Å². The van der Waals surface area contributed by atoms with Crippen LogP contribution >= 0.6 is 11.6 Å². The number of nitrogens with zero attached hydrogens (tertiary/aromatic N) is 1. The van der Waals surface area contributed by atoms with Crippen LogP contribution in [0.4, 0.5) is 8.78 Å². The number of hydrogen-bond acceptors (Lipinski definition) is 4. The molecule has 0 saturated heterocycles. The highest BCUT2D eigenvalue weighted by atomic mass is 35.5. The van der Waals surface area contributed by atoms with Crippen molar-refractivity contribution in [2.75, 3.05) is 7.11 Å². The van der Waals surface area contributed by atoms with Gasteiger partial charge in [-0.3, -0.25) is 4.79 Å². The molecule has 1 rings (SSSR count). The quantitative estimate of drug-likeness (QED) is 0.666. The summed E-state index contributed by atoms with van der Waals surface area (Å²) >= 11 is 5.67. The number of hydrogen-bond donors (Lipinski definition) is 1. The van der Waals surface area contributed by atoms with Crippen LogP contribution in [0.25, 0.3) is 0 Å². The van der Waals surface area contributed by atoms with E-state index in [4.69, 9.17) is 17.3 Å². The second-order valence-corrected chi connectivity index (χ2v) is 3.61. The lowest BCUT2D eigenvalue weighted by molar-refractivity contribution is -0.139. The van der Waals surface area contributed by atoms with E-state index in [-0.39, 0.29) is 34.9 Å². The third-order valence-corrected chi connectivity index (χ3v) is 2.36. The van der Waals surface area contributed by atoms with Gasteiger partial charge in [0.05, 0.1) is 19.2 Å². The summed E-state index contributed by atoms with van der Waals surface area (Å²) in [6.07, 6.45) is -3.05. The molecule has 1 aromatic rings. The summed E-state index contributed by atoms with van der Waals surface area (Å²) in [5.41, 5.74) is 5.06. The van der Waals surface area contributed by atoms with Crippen LogP contribution in [0.5, 0.6) is 0 Å². The fraction of sp³-hybridized carbons (Fsp3) is 0.400. The molecule has 0 bridgehead atoms. The molecular weight excluding hydrogens is 254 g/mol. The first kappa shape index (κ1) is 13.8. The summed E-state index contributed by atoms with van der Waals surface area (Å²) in [6.45, 7) is -0.172. The number of aromatic nitrogens is 1. The van der Waals surface area contributed by atoms with Gasteiger partial charge in [-0.1, -0.05) is 11.6 Å². The predicted molar refractivity (Wildman–Crippen MR) is 57.8 cm³/mol. The zero-order chi connectivity index (χ0) is 13.0. The Bertz CT molecular complexity index is 427. The van der Waals surface area contributed by atoms with Crippen molar-refractivity contribution in [2.45, 2.75) is 19.4 Å². The number of rotatable bonds is 4. The van der Waals surface area contributed by atoms with E-state index in [1.54, 1.807) is 0 Å². The van der Waals surface area contributed by atoms with E-state index in [1.807, 2.05) is 0 Å². The number of esters is 1. The number of alkyl halides is 2. The van der Waals surface area contributed by atoms with Crippen molar-refractivity contribution in [1.29, 1.82) is 0 Å². The summed E-state index contributed by atoms with van der Waals surface area (Å²) in [5, 5.41) is 0.0220. The Labute approximate surface area is 102 Å². The van der Waals surface area contributed by atoms with Crippen LogP contribution in [0.15, 0.2) is 6.07 Å². The van der Waals surface area contributed by atoms with Crippen molar-refractivity contribution < 1.29 is 18.3 Å². The van der Waals surface area contributed by atoms with Crippen molar-refractivity contribution in [1.82, 2.24) is 4.98 Å². The van der Waals surface area contributed by atoms with Crippen LogP contribution in [0.1, 0.15) is 23.2 Å². The fourth-order valence-corrected chi connectivity index (χ4v) is 1.66. The first-order valence-corrected chi connectivity index (χ1v) is 5.10. The topological polar surface area (TPSA) is 65.2 Å². The summed E-state index contributed by atoms with van der Waals surface area (Å²) in [5.74, 6) is -0.628. The summed E-state index contributed by atoms with van der Waals surface area (Å²) < 4.78 is 30.2. The van der Waals surface area contributed by atoms with Crippen LogP contribution in [-0.4, -0.2) is 18.1 Å². The van der Waals surface area contributed by atoms with Gasteiger partial charge in [0.1, 0.15) is 5.15 Å². The lowest BCUT2D eigenvalue weighted by atomic mass is 10.0. The molecule has 4 nitrogen and oxygen atoms in total. The number of carbonyl (C=O) groups excluding carboxylic acids is 1. The third-order valence-electron chi connectivity index (χ3n) is 2.17. The first-order valence-electron chi connectivity index (χ1n) is 4.72. The average Bonchev–Trinajstić information content (AvgIpc) is 2.27. The van der Waals surface area contributed by atoms with Crippen LogP contribution in [-0.2, 0) is 22.5 Å². The van der Waals surface area contributed by atoms with Gasteiger partial charge in [0.25, 0.3) is 6.43 Å². The van der Waals surface area contributed by atoms with Gasteiger partial charge < -0.3 is 10.5 Å². The van der Waals surface area contributed by atoms with Gasteiger partial charge in [0.2, 0.25) is 0 Å². The Morgan fingerprint density at radius 2 is 2.29 bits per heavy atom. The Morgan fingerprint density at radius 3 is 2.76 bits per heavy atom. The number of carbonyl (C=O) groups is 1. The Balaban J connectivity index is 3.25. The lowest BCUT2D eigenvalue weighted by Crippen LogP contribution is -2.12. The molecule has 0 spiro atoms. The highest BCUT2D eigenvalue weighted by molar-refractivity contribution is 6.29. The number of halogens is 3. The molecule has 1 aromatic heterocycles. The molecule has 7 heteroatoms. The van der Waals surface area contributed by atoms with Gasteiger partial charge in [-0.05, 0) is 11.6 Å². The zero-order valence-electron chi connectivity index (χ0n) is 9.04. The standard InChI is InChI=1S/C10H11ClF2N2O2/c1-17-8(16)3-5-2-7(11)15-6(4-14)9(5)10(12)13/h2,10H,3-4,14H2,1H3. The number of ether oxygens (including phenoxy) is 1. The van der Waals surface area contributed by atoms with Crippen molar-refractivity contribution in [3.63, 3.8) is 0 Å². The SMILES string of the molecule is COC(=O)Cc1cc(Cl)nc(CN)c1C(F)F. The summed E-state index contributed by atoms with van der Waals surface area (Å²) in [4.78, 5) is 14.8. The average molecular weight is 265 g/mol. The molecule has 0 atom stereocenters. The van der Waals surface area contributed by atoms with Crippen molar-refractivity contribution >= 4 is 17.6 Å². The second kappa shape index (κ2) is 5.88. The van der Waals surface area contributed by atoms with E-state index in [9.17, 15) is 13.6 Å². The summed E-state index contributed by atoms with van der Waals surface area (Å²) in [7, 11) is 1.18. The minimum absolute atomic E-state index is 0.00796. The molecule has 0 aromatic carbocycles. The Kier molecular flexibility index (Phi) is 4.77. The lowest BCUT2D eigenvalue weighted by Gasteiger charge is -2.12. The minimum Gasteiger partial charge on any atom is -0.469 e. The van der Waals surface area contributed by atoms with Gasteiger partial charge in [-0.25, -0.2) is 13.8 Å². The van der Waals surface area contributed by atoms with Gasteiger partial charge in [-0.2, -0.15) is 0 Å². The summed E-state index contributed by atoms with van der Waals surface area (Å²) in [6, 6.07) is 1.22. The fourth-order valence-electron chi connectivity index (χ4n) is 1.42. The maximum absolute atomic E-state index is 12.9. The van der Waals surface area contributed by atoms with E-state index in [2.05, 4.69) is 9.72 Å². The molecule has 0 fully saturated rings. The maximum atomic E-state index is 12.9. The van der Waals surface area contributed by atoms with Crippen molar-refractivity contribution in [3.05, 3.63) is 28.0 Å². The maximum Gasteiger partial charge on any atom is 0.309 e. The monoisotopic (exact) mass is 264 g/mol. The molecule has 1 heterocycles. The molecule has 94 valence electrons. The second-order valence-electron chi connectivity index (χ2n) is 3.22. The highest BCUT2D eigenvalue weighted by Gasteiger charge is 2.21. The largest absolute Gasteiger partial charge is 0.469 e. The molecule has 0 aliphatic carbocycles. The third kappa shape index (κ3) is 3.34. The van der Waals surface area contributed by atoms with Gasteiger partial charge >= 0.3 is 5.97 Å². The van der Waals surface area contributed by atoms with Gasteiger partial charge in [0.15, 0.2) is 0 Å². The van der Waals surface area contributed by atoms with E-state index >= 15 is 0 Å². The molecule has 0 saturated carbocycles. The normalized spacial score (nSPS) is 10.7. The molecule has 2 N–H and O–H groups in total. The van der Waals surface area contributed by atoms with Gasteiger partial charge in [-0.15, -0.1) is 0 Å². The number of methoxy groups -OCH3 is 1. The molecular formula is C10H11ClF2N2O2. The molecule has 17 heavy (non-hydrogen) atoms. The molecule has 0 aliphatic heterocycles. The first-order chi connectivity index (χ1) is 7.99. The minimum atomic E-state index is -2.77. The van der Waals surface area contributed by atoms with Crippen LogP contribution < -0.4 is 5.73 Å². The van der Waals surface area contributed by atoms with Crippen molar-refractivity contribution in [3.8, 4) is 0 Å². The smallest absolute Gasteiger partial charge is 0.309 e. The number of pyridine rings is 1. The van der Waals surface area contributed by atoms with Crippen LogP contribution in [0.2, 0.25) is 5.15 Å². The van der Waals surface area contributed by atoms with E-state index in [0.29, 0.717) is 0 Å². The molecule has 0 amide bonds. The molecule has 0 unspecified atom stereocenters. The predicted octanol–water partition coefficient (Wildman–Crippen LogP) is 1.85. The van der Waals surface area contributed by atoms with E-state index in [1.165, 1.54) is 13.2 Å². The van der Waals surface area contributed by atoms with E-state index < -0.39 is 12.4 Å². The van der Waals surface area contributed by atoms with Crippen molar-refractivity contribution in [2.24, 2.45) is 5.73 Å². The highest BCUT2D eigenvalue weighted by Crippen LogP contribution is 2.28. The number of nitrogens with two attached hydrogens (primary N) is 1. The Morgan fingerprint density at radius 1 is 1.65 bits per heavy atom. The Hall–Kier alpha value is -1.27. The van der Waals surface area contributed by atoms with Gasteiger partial charge in [0, 0.05) is 12.1 Å².